The Labute approximate surface area is 241 Å². The molecule has 1 fully saturated rings. The molecule has 0 aromatic heterocycles. The highest BCUT2D eigenvalue weighted by Crippen LogP contribution is 2.37. The average molecular weight is 594 g/mol. The van der Waals surface area contributed by atoms with Crippen molar-refractivity contribution in [3.05, 3.63) is 94.3 Å². The number of hydrogen-bond donors (Lipinski definition) is 0. The van der Waals surface area contributed by atoms with Crippen LogP contribution >= 0.6 is 0 Å². The topological polar surface area (TPSA) is 20.3 Å². The van der Waals surface area contributed by atoms with Crippen LogP contribution in [0.25, 0.3) is 11.1 Å². The molecule has 0 aliphatic carbocycles. The SMILES string of the molecule is CC(=O)C(CC(C)C)c1cc(-c2ccc(C(F)(F)F)cc2)cc(C2CCCN(Cc3cc(F)cc(C(F)(F)F)c3)C2)c1. The lowest BCUT2D eigenvalue weighted by Crippen LogP contribution is -2.34. The van der Waals surface area contributed by atoms with Crippen molar-refractivity contribution in [2.45, 2.75) is 70.8 Å². The third-order valence-electron chi connectivity index (χ3n) is 7.79. The van der Waals surface area contributed by atoms with Gasteiger partial charge in [-0.25, -0.2) is 4.39 Å². The smallest absolute Gasteiger partial charge is 0.299 e. The van der Waals surface area contributed by atoms with Gasteiger partial charge < -0.3 is 0 Å². The summed E-state index contributed by atoms with van der Waals surface area (Å²) in [6.45, 7) is 6.85. The Bertz CT molecular complexity index is 1390. The number of Topliss-reactive ketones (excluding diaryl/α,β-unsaturated/α-hetero) is 1. The van der Waals surface area contributed by atoms with Crippen LogP contribution in [0.3, 0.4) is 0 Å². The van der Waals surface area contributed by atoms with E-state index in [2.05, 4.69) is 0 Å². The van der Waals surface area contributed by atoms with E-state index in [0.29, 0.717) is 36.7 Å². The van der Waals surface area contributed by atoms with Crippen LogP contribution in [0.15, 0.2) is 60.7 Å². The van der Waals surface area contributed by atoms with Gasteiger partial charge in [-0.15, -0.1) is 0 Å². The number of nitrogens with zero attached hydrogens (tertiary/aromatic N) is 1. The molecule has 3 aromatic rings. The summed E-state index contributed by atoms with van der Waals surface area (Å²) in [5.74, 6) is -1.13. The first-order valence-electron chi connectivity index (χ1n) is 14.0. The van der Waals surface area contributed by atoms with Crippen LogP contribution in [-0.2, 0) is 23.7 Å². The van der Waals surface area contributed by atoms with Crippen LogP contribution in [-0.4, -0.2) is 23.8 Å². The number of likely N-dealkylation sites (tertiary alicyclic amines) is 1. The van der Waals surface area contributed by atoms with Crippen molar-refractivity contribution in [3.63, 3.8) is 0 Å². The quantitative estimate of drug-likeness (QED) is 0.243. The normalized spacial score (nSPS) is 17.5. The fourth-order valence-corrected chi connectivity index (χ4v) is 5.77. The van der Waals surface area contributed by atoms with Gasteiger partial charge in [0.25, 0.3) is 0 Å². The molecule has 2 unspecified atom stereocenters. The van der Waals surface area contributed by atoms with Gasteiger partial charge in [0, 0.05) is 19.0 Å². The minimum Gasteiger partial charge on any atom is -0.299 e. The molecule has 1 heterocycles. The highest BCUT2D eigenvalue weighted by molar-refractivity contribution is 5.84. The summed E-state index contributed by atoms with van der Waals surface area (Å²) in [6.07, 6.45) is -6.95. The predicted molar refractivity (Wildman–Crippen MR) is 148 cm³/mol. The van der Waals surface area contributed by atoms with Gasteiger partial charge in [0.15, 0.2) is 0 Å². The van der Waals surface area contributed by atoms with E-state index in [4.69, 9.17) is 0 Å². The van der Waals surface area contributed by atoms with E-state index in [1.165, 1.54) is 19.1 Å². The molecule has 1 saturated heterocycles. The molecule has 3 aromatic carbocycles. The number of ketones is 1. The lowest BCUT2D eigenvalue weighted by atomic mass is 9.82. The number of halogens is 7. The van der Waals surface area contributed by atoms with E-state index in [-0.39, 0.29) is 35.6 Å². The van der Waals surface area contributed by atoms with Crippen LogP contribution in [0.4, 0.5) is 30.7 Å². The molecule has 2 nitrogen and oxygen atoms in total. The first kappa shape index (κ1) is 31.7. The largest absolute Gasteiger partial charge is 0.416 e. The molecule has 0 radical (unpaired) electrons. The minimum absolute atomic E-state index is 0.00365. The van der Waals surface area contributed by atoms with Gasteiger partial charge in [0.1, 0.15) is 11.6 Å². The Balaban J connectivity index is 1.68. The van der Waals surface area contributed by atoms with Crippen LogP contribution in [0.5, 0.6) is 0 Å². The molecule has 4 rings (SSSR count). The van der Waals surface area contributed by atoms with Crippen LogP contribution < -0.4 is 0 Å². The molecule has 226 valence electrons. The molecule has 42 heavy (non-hydrogen) atoms. The van der Waals surface area contributed by atoms with Gasteiger partial charge in [-0.3, -0.25) is 9.69 Å². The fraction of sp³-hybridized carbons (Fsp3) is 0.424. The summed E-state index contributed by atoms with van der Waals surface area (Å²) >= 11 is 0. The maximum absolute atomic E-state index is 14.0. The lowest BCUT2D eigenvalue weighted by Gasteiger charge is -2.34. The number of carbonyl (C=O) groups excluding carboxylic acids is 1. The number of piperidine rings is 1. The monoisotopic (exact) mass is 593 g/mol. The molecule has 0 bridgehead atoms. The summed E-state index contributed by atoms with van der Waals surface area (Å²) in [6, 6.07) is 13.3. The second-order valence-corrected chi connectivity index (χ2v) is 11.7. The third kappa shape index (κ3) is 8.00. The summed E-state index contributed by atoms with van der Waals surface area (Å²) in [5, 5.41) is 0. The Morgan fingerprint density at radius 2 is 1.55 bits per heavy atom. The molecular formula is C33H34F7NO. The first-order valence-corrected chi connectivity index (χ1v) is 14.0. The van der Waals surface area contributed by atoms with Gasteiger partial charge >= 0.3 is 12.4 Å². The molecule has 1 aliphatic rings. The van der Waals surface area contributed by atoms with E-state index in [1.54, 1.807) is 0 Å². The molecule has 0 saturated carbocycles. The van der Waals surface area contributed by atoms with Crippen molar-refractivity contribution in [3.8, 4) is 11.1 Å². The van der Waals surface area contributed by atoms with Gasteiger partial charge in [-0.1, -0.05) is 44.2 Å². The zero-order valence-corrected chi connectivity index (χ0v) is 23.7. The van der Waals surface area contributed by atoms with E-state index < -0.39 is 29.3 Å². The summed E-state index contributed by atoms with van der Waals surface area (Å²) in [7, 11) is 0. The number of rotatable bonds is 8. The van der Waals surface area contributed by atoms with E-state index in [9.17, 15) is 35.5 Å². The maximum Gasteiger partial charge on any atom is 0.416 e. The molecule has 0 spiro atoms. The molecule has 2 atom stereocenters. The number of benzene rings is 3. The van der Waals surface area contributed by atoms with Gasteiger partial charge in [0.05, 0.1) is 11.1 Å². The second kappa shape index (κ2) is 12.6. The first-order chi connectivity index (χ1) is 19.6. The fourth-order valence-electron chi connectivity index (χ4n) is 5.77. The van der Waals surface area contributed by atoms with Gasteiger partial charge in [-0.05, 0) is 103 Å². The maximum atomic E-state index is 14.0. The Kier molecular flexibility index (Phi) is 9.50. The third-order valence-corrected chi connectivity index (χ3v) is 7.79. The Morgan fingerprint density at radius 3 is 2.14 bits per heavy atom. The number of alkyl halides is 6. The van der Waals surface area contributed by atoms with Gasteiger partial charge in [0.2, 0.25) is 0 Å². The Hall–Kier alpha value is -3.20. The minimum atomic E-state index is -4.65. The van der Waals surface area contributed by atoms with E-state index >= 15 is 0 Å². The molecule has 9 heteroatoms. The van der Waals surface area contributed by atoms with Gasteiger partial charge in [-0.2, -0.15) is 26.3 Å². The summed E-state index contributed by atoms with van der Waals surface area (Å²) in [4.78, 5) is 14.7. The zero-order chi connectivity index (χ0) is 30.8. The van der Waals surface area contributed by atoms with Crippen LogP contribution in [0.1, 0.15) is 79.7 Å². The molecule has 0 N–H and O–H groups in total. The average Bonchev–Trinajstić information content (AvgIpc) is 2.90. The second-order valence-electron chi connectivity index (χ2n) is 11.7. The summed E-state index contributed by atoms with van der Waals surface area (Å²) < 4.78 is 93.3. The van der Waals surface area contributed by atoms with E-state index in [0.717, 1.165) is 48.2 Å². The molecular weight excluding hydrogens is 559 g/mol. The highest BCUT2D eigenvalue weighted by Gasteiger charge is 2.32. The number of hydrogen-bond acceptors (Lipinski definition) is 2. The highest BCUT2D eigenvalue weighted by atomic mass is 19.4. The Morgan fingerprint density at radius 1 is 0.881 bits per heavy atom. The van der Waals surface area contributed by atoms with Crippen molar-refractivity contribution >= 4 is 5.78 Å². The zero-order valence-electron chi connectivity index (χ0n) is 23.7. The number of carbonyl (C=O) groups is 1. The van der Waals surface area contributed by atoms with Crippen molar-refractivity contribution < 1.29 is 35.5 Å². The van der Waals surface area contributed by atoms with Crippen molar-refractivity contribution in [1.29, 1.82) is 0 Å². The van der Waals surface area contributed by atoms with E-state index in [1.807, 2.05) is 36.9 Å². The van der Waals surface area contributed by atoms with Crippen molar-refractivity contribution in [1.82, 2.24) is 4.90 Å². The lowest BCUT2D eigenvalue weighted by molar-refractivity contribution is -0.138. The van der Waals surface area contributed by atoms with Crippen molar-refractivity contribution in [2.24, 2.45) is 5.92 Å². The predicted octanol–water partition coefficient (Wildman–Crippen LogP) is 9.63. The standard InChI is InChI=1S/C33H34F7NO/c1-20(2)11-31(21(3)42)27-15-25(23-6-8-28(9-7-23)32(35,36)37)14-26(16-27)24-5-4-10-41(19-24)18-22-12-29(33(38,39)40)17-30(34)13-22/h6-9,12-17,20,24,31H,4-5,10-11,18-19H2,1-3H3. The molecule has 0 amide bonds. The van der Waals surface area contributed by atoms with Crippen LogP contribution in [0.2, 0.25) is 0 Å². The summed E-state index contributed by atoms with van der Waals surface area (Å²) in [5.41, 5.74) is 1.44. The molecule has 1 aliphatic heterocycles. The van der Waals surface area contributed by atoms with Crippen molar-refractivity contribution in [2.75, 3.05) is 13.1 Å². The van der Waals surface area contributed by atoms with Crippen LogP contribution in [0, 0.1) is 11.7 Å².